The lowest BCUT2D eigenvalue weighted by Crippen LogP contribution is -2.50. The third kappa shape index (κ3) is 3.73. The molecule has 2 fully saturated rings. The molecule has 0 saturated carbocycles. The number of sulfone groups is 2. The summed E-state index contributed by atoms with van der Waals surface area (Å²) in [6.07, 6.45) is 1.06. The Labute approximate surface area is 148 Å². The van der Waals surface area contributed by atoms with E-state index < -0.39 is 31.0 Å². The van der Waals surface area contributed by atoms with Crippen LogP contribution in [-0.2, 0) is 24.5 Å². The largest absolute Gasteiger partial charge is 0.369 e. The maximum Gasteiger partial charge on any atom is 0.220 e. The van der Waals surface area contributed by atoms with Gasteiger partial charge in [-0.2, -0.15) is 0 Å². The summed E-state index contributed by atoms with van der Waals surface area (Å²) in [4.78, 5) is 13.4. The first-order chi connectivity index (χ1) is 11.7. The Morgan fingerprint density at radius 2 is 1.68 bits per heavy atom. The van der Waals surface area contributed by atoms with Crippen molar-refractivity contribution in [3.05, 3.63) is 30.3 Å². The standard InChI is InChI=1S/C16H22N2O5S2/c17-16(19)12-6-8-18(9-7-12)14-10-24(20,21)11-15(14)25(22,23)13-4-2-1-3-5-13/h1-5,12,14-15H,6-11H2,(H2,17,19)/t14-,15-/m1/s1. The van der Waals surface area contributed by atoms with Gasteiger partial charge in [0.1, 0.15) is 0 Å². The van der Waals surface area contributed by atoms with Gasteiger partial charge in [0.25, 0.3) is 0 Å². The summed E-state index contributed by atoms with van der Waals surface area (Å²) in [5.74, 6) is -1.10. The number of nitrogens with two attached hydrogens (primary N) is 1. The van der Waals surface area contributed by atoms with Crippen molar-refractivity contribution in [2.24, 2.45) is 11.7 Å². The molecule has 0 unspecified atom stereocenters. The van der Waals surface area contributed by atoms with Crippen molar-refractivity contribution in [1.82, 2.24) is 4.90 Å². The molecule has 2 heterocycles. The van der Waals surface area contributed by atoms with Gasteiger partial charge in [0.2, 0.25) is 5.91 Å². The van der Waals surface area contributed by atoms with Crippen LogP contribution in [0.15, 0.2) is 35.2 Å². The summed E-state index contributed by atoms with van der Waals surface area (Å²) in [7, 11) is -7.18. The second-order valence-electron chi connectivity index (χ2n) is 6.75. The number of carbonyl (C=O) groups is 1. The Bertz CT molecular complexity index is 844. The van der Waals surface area contributed by atoms with Crippen LogP contribution >= 0.6 is 0 Å². The molecule has 7 nitrogen and oxygen atoms in total. The van der Waals surface area contributed by atoms with Gasteiger partial charge in [0.15, 0.2) is 19.7 Å². The van der Waals surface area contributed by atoms with E-state index in [0.717, 1.165) is 0 Å². The van der Waals surface area contributed by atoms with Crippen LogP contribution in [0.1, 0.15) is 12.8 Å². The highest BCUT2D eigenvalue weighted by atomic mass is 32.2. The quantitative estimate of drug-likeness (QED) is 0.768. The Kier molecular flexibility index (Phi) is 4.91. The molecule has 25 heavy (non-hydrogen) atoms. The third-order valence-corrected chi connectivity index (χ3v) is 9.28. The van der Waals surface area contributed by atoms with Gasteiger partial charge in [0.05, 0.1) is 21.7 Å². The number of piperidine rings is 1. The van der Waals surface area contributed by atoms with E-state index >= 15 is 0 Å². The van der Waals surface area contributed by atoms with Gasteiger partial charge < -0.3 is 5.73 Å². The Balaban J connectivity index is 1.86. The number of hydrogen-bond acceptors (Lipinski definition) is 6. The minimum absolute atomic E-state index is 0.147. The monoisotopic (exact) mass is 386 g/mol. The lowest BCUT2D eigenvalue weighted by atomic mass is 9.95. The van der Waals surface area contributed by atoms with Crippen LogP contribution in [0.25, 0.3) is 0 Å². The van der Waals surface area contributed by atoms with Crippen molar-refractivity contribution in [3.63, 3.8) is 0 Å². The number of likely N-dealkylation sites (tertiary alicyclic amines) is 1. The van der Waals surface area contributed by atoms with Crippen molar-refractivity contribution in [1.29, 1.82) is 0 Å². The van der Waals surface area contributed by atoms with Gasteiger partial charge in [-0.3, -0.25) is 9.69 Å². The van der Waals surface area contributed by atoms with Gasteiger partial charge in [-0.15, -0.1) is 0 Å². The molecular weight excluding hydrogens is 364 g/mol. The Morgan fingerprint density at radius 1 is 1.08 bits per heavy atom. The molecule has 1 aromatic carbocycles. The number of primary amides is 1. The van der Waals surface area contributed by atoms with Crippen LogP contribution in [-0.4, -0.2) is 63.5 Å². The molecule has 1 amide bonds. The fourth-order valence-corrected chi connectivity index (χ4v) is 8.59. The van der Waals surface area contributed by atoms with Gasteiger partial charge in [-0.1, -0.05) is 18.2 Å². The molecule has 3 rings (SSSR count). The molecule has 0 aliphatic carbocycles. The highest BCUT2D eigenvalue weighted by Crippen LogP contribution is 2.31. The molecule has 0 spiro atoms. The number of nitrogens with zero attached hydrogens (tertiary/aromatic N) is 1. The molecule has 2 atom stereocenters. The molecule has 2 aliphatic rings. The van der Waals surface area contributed by atoms with Gasteiger partial charge in [-0.25, -0.2) is 16.8 Å². The molecule has 9 heteroatoms. The van der Waals surface area contributed by atoms with E-state index in [1.807, 2.05) is 4.90 Å². The lowest BCUT2D eigenvalue weighted by Gasteiger charge is -2.36. The molecule has 0 bridgehead atoms. The second-order valence-corrected chi connectivity index (χ2v) is 11.1. The average molecular weight is 386 g/mol. The summed E-state index contributed by atoms with van der Waals surface area (Å²) in [5, 5.41) is -0.981. The predicted octanol–water partition coefficient (Wildman–Crippen LogP) is -0.177. The zero-order valence-corrected chi connectivity index (χ0v) is 15.4. The SMILES string of the molecule is NC(=O)C1CCN([C@@H]2CS(=O)(=O)C[C@H]2S(=O)(=O)c2ccccc2)CC1. The average Bonchev–Trinajstić information content (AvgIpc) is 2.92. The fraction of sp³-hybridized carbons (Fsp3) is 0.562. The summed E-state index contributed by atoms with van der Waals surface area (Å²) in [5.41, 5.74) is 5.33. The minimum atomic E-state index is -3.75. The molecule has 0 radical (unpaired) electrons. The first kappa shape index (κ1) is 18.3. The third-order valence-electron chi connectivity index (χ3n) is 5.14. The summed E-state index contributed by atoms with van der Waals surface area (Å²) >= 11 is 0. The van der Waals surface area contributed by atoms with Crippen molar-refractivity contribution >= 4 is 25.6 Å². The Hall–Kier alpha value is -1.45. The predicted molar refractivity (Wildman–Crippen MR) is 93.3 cm³/mol. The van der Waals surface area contributed by atoms with Crippen LogP contribution in [0.3, 0.4) is 0 Å². The minimum Gasteiger partial charge on any atom is -0.369 e. The normalized spacial score (nSPS) is 28.0. The molecular formula is C16H22N2O5S2. The van der Waals surface area contributed by atoms with E-state index in [-0.39, 0.29) is 28.2 Å². The van der Waals surface area contributed by atoms with Gasteiger partial charge in [-0.05, 0) is 38.1 Å². The van der Waals surface area contributed by atoms with E-state index in [0.29, 0.717) is 25.9 Å². The van der Waals surface area contributed by atoms with E-state index in [1.165, 1.54) is 12.1 Å². The molecule has 0 aromatic heterocycles. The number of amides is 1. The second kappa shape index (κ2) is 6.69. The van der Waals surface area contributed by atoms with Crippen LogP contribution < -0.4 is 5.73 Å². The maximum absolute atomic E-state index is 13.0. The number of carbonyl (C=O) groups excluding carboxylic acids is 1. The highest BCUT2D eigenvalue weighted by Gasteiger charge is 2.48. The number of benzene rings is 1. The lowest BCUT2D eigenvalue weighted by molar-refractivity contribution is -0.123. The zero-order chi connectivity index (χ0) is 18.2. The van der Waals surface area contributed by atoms with E-state index in [1.54, 1.807) is 18.2 Å². The van der Waals surface area contributed by atoms with E-state index in [4.69, 9.17) is 5.73 Å². The highest BCUT2D eigenvalue weighted by molar-refractivity contribution is 7.96. The molecule has 2 N–H and O–H groups in total. The first-order valence-corrected chi connectivity index (χ1v) is 11.6. The Morgan fingerprint density at radius 3 is 2.24 bits per heavy atom. The van der Waals surface area contributed by atoms with Crippen LogP contribution in [0.4, 0.5) is 0 Å². The first-order valence-electron chi connectivity index (χ1n) is 8.23. The summed E-state index contributed by atoms with van der Waals surface area (Å²) in [6, 6.07) is 7.39. The van der Waals surface area contributed by atoms with Crippen molar-refractivity contribution < 1.29 is 21.6 Å². The van der Waals surface area contributed by atoms with E-state index in [2.05, 4.69) is 0 Å². The maximum atomic E-state index is 13.0. The van der Waals surface area contributed by atoms with Gasteiger partial charge in [0, 0.05) is 12.0 Å². The molecule has 1 aromatic rings. The van der Waals surface area contributed by atoms with Gasteiger partial charge >= 0.3 is 0 Å². The fourth-order valence-electron chi connectivity index (χ4n) is 3.73. The number of rotatable bonds is 4. The topological polar surface area (TPSA) is 115 Å². The van der Waals surface area contributed by atoms with Crippen LogP contribution in [0, 0.1) is 5.92 Å². The van der Waals surface area contributed by atoms with Crippen molar-refractivity contribution in [2.45, 2.75) is 29.0 Å². The summed E-state index contributed by atoms with van der Waals surface area (Å²) in [6.45, 7) is 0.962. The smallest absolute Gasteiger partial charge is 0.220 e. The van der Waals surface area contributed by atoms with E-state index in [9.17, 15) is 21.6 Å². The molecule has 2 saturated heterocycles. The van der Waals surface area contributed by atoms with Crippen LogP contribution in [0.5, 0.6) is 0 Å². The van der Waals surface area contributed by atoms with Crippen molar-refractivity contribution in [3.8, 4) is 0 Å². The van der Waals surface area contributed by atoms with Crippen molar-refractivity contribution in [2.75, 3.05) is 24.6 Å². The molecule has 138 valence electrons. The summed E-state index contributed by atoms with van der Waals surface area (Å²) < 4.78 is 50.3. The number of hydrogen-bond donors (Lipinski definition) is 1. The zero-order valence-electron chi connectivity index (χ0n) is 13.7. The molecule has 2 aliphatic heterocycles. The van der Waals surface area contributed by atoms with Crippen LogP contribution in [0.2, 0.25) is 0 Å².